The second kappa shape index (κ2) is 5.76. The molecular weight excluding hydrogens is 268 g/mol. The molecule has 2 unspecified atom stereocenters. The van der Waals surface area contributed by atoms with Gasteiger partial charge in [-0.1, -0.05) is 25.8 Å². The first kappa shape index (κ1) is 15.4. The van der Waals surface area contributed by atoms with E-state index in [4.69, 9.17) is 5.73 Å². The largest absolute Gasteiger partial charge is 0.480 e. The van der Waals surface area contributed by atoms with Crippen LogP contribution < -0.4 is 11.1 Å². The second-order valence-corrected chi connectivity index (χ2v) is 6.11. The molecule has 0 aliphatic heterocycles. The van der Waals surface area contributed by atoms with E-state index in [0.29, 0.717) is 30.0 Å². The minimum absolute atomic E-state index is 0.290. The summed E-state index contributed by atoms with van der Waals surface area (Å²) < 4.78 is 0. The summed E-state index contributed by atoms with van der Waals surface area (Å²) in [5.41, 5.74) is 6.48. The molecule has 0 spiro atoms. The number of nitrogens with two attached hydrogens (primary N) is 1. The third-order valence-corrected chi connectivity index (χ3v) is 4.30. The maximum atomic E-state index is 12.4. The van der Waals surface area contributed by atoms with Crippen LogP contribution in [0.1, 0.15) is 48.5 Å². The third-order valence-electron chi connectivity index (χ3n) is 4.30. The third kappa shape index (κ3) is 3.17. The minimum Gasteiger partial charge on any atom is -0.480 e. The van der Waals surface area contributed by atoms with Crippen LogP contribution in [0.2, 0.25) is 0 Å². The van der Waals surface area contributed by atoms with Crippen molar-refractivity contribution in [3.05, 3.63) is 29.3 Å². The highest BCUT2D eigenvalue weighted by molar-refractivity contribution is 5.98. The average Bonchev–Trinajstić information content (AvgIpc) is 2.41. The molecule has 5 nitrogen and oxygen atoms in total. The lowest BCUT2D eigenvalue weighted by Crippen LogP contribution is -2.56. The zero-order chi connectivity index (χ0) is 15.6. The molecule has 2 atom stereocenters. The molecule has 1 saturated carbocycles. The molecule has 114 valence electrons. The lowest BCUT2D eigenvalue weighted by Gasteiger charge is -2.37. The number of aryl methyl sites for hydroxylation is 1. The number of aliphatic carboxylic acids is 1. The van der Waals surface area contributed by atoms with Crippen molar-refractivity contribution in [2.75, 3.05) is 5.73 Å². The number of hydrogen-bond acceptors (Lipinski definition) is 3. The summed E-state index contributed by atoms with van der Waals surface area (Å²) in [5.74, 6) is -1.04. The highest BCUT2D eigenvalue weighted by atomic mass is 16.4. The Hall–Kier alpha value is -2.04. The maximum absolute atomic E-state index is 12.4. The van der Waals surface area contributed by atoms with Gasteiger partial charge in [0.15, 0.2) is 0 Å². The van der Waals surface area contributed by atoms with E-state index in [-0.39, 0.29) is 5.91 Å². The van der Waals surface area contributed by atoms with Gasteiger partial charge in [0, 0.05) is 11.3 Å². The van der Waals surface area contributed by atoms with Gasteiger partial charge in [-0.05, 0) is 43.4 Å². The normalized spacial score (nSPS) is 25.3. The fourth-order valence-corrected chi connectivity index (χ4v) is 2.98. The first-order valence-electron chi connectivity index (χ1n) is 7.26. The number of nitrogen functional groups attached to an aromatic ring is 1. The monoisotopic (exact) mass is 290 g/mol. The summed E-state index contributed by atoms with van der Waals surface area (Å²) in [4.78, 5) is 24.0. The molecule has 1 fully saturated rings. The summed E-state index contributed by atoms with van der Waals surface area (Å²) in [5, 5.41) is 12.3. The van der Waals surface area contributed by atoms with Gasteiger partial charge in [0.2, 0.25) is 0 Å². The Labute approximate surface area is 124 Å². The summed E-state index contributed by atoms with van der Waals surface area (Å²) in [6.45, 7) is 3.88. The number of carbonyl (C=O) groups excluding carboxylic acids is 1. The van der Waals surface area contributed by atoms with Crippen molar-refractivity contribution in [2.24, 2.45) is 5.92 Å². The van der Waals surface area contributed by atoms with Crippen molar-refractivity contribution in [3.8, 4) is 0 Å². The number of anilines is 1. The summed E-state index contributed by atoms with van der Waals surface area (Å²) >= 11 is 0. The fourth-order valence-electron chi connectivity index (χ4n) is 2.98. The lowest BCUT2D eigenvalue weighted by molar-refractivity contribution is -0.146. The van der Waals surface area contributed by atoms with Crippen molar-refractivity contribution < 1.29 is 14.7 Å². The van der Waals surface area contributed by atoms with Crippen LogP contribution >= 0.6 is 0 Å². The quantitative estimate of drug-likeness (QED) is 0.745. The zero-order valence-corrected chi connectivity index (χ0v) is 12.5. The standard InChI is InChI=1S/C16H22N2O3/c1-10-4-3-7-16(9-10,15(20)21)18-14(19)12-6-5-11(2)13(17)8-12/h5-6,8,10H,3-4,7,9,17H2,1-2H3,(H,18,19)(H,20,21). The van der Waals surface area contributed by atoms with Crippen LogP contribution in [-0.2, 0) is 4.79 Å². The van der Waals surface area contributed by atoms with Crippen LogP contribution in [0.25, 0.3) is 0 Å². The summed E-state index contributed by atoms with van der Waals surface area (Å²) in [7, 11) is 0. The van der Waals surface area contributed by atoms with Gasteiger partial charge in [0.25, 0.3) is 5.91 Å². The fraction of sp³-hybridized carbons (Fsp3) is 0.500. The van der Waals surface area contributed by atoms with Crippen LogP contribution in [-0.4, -0.2) is 22.5 Å². The lowest BCUT2D eigenvalue weighted by atomic mass is 9.76. The van der Waals surface area contributed by atoms with Gasteiger partial charge < -0.3 is 16.2 Å². The zero-order valence-electron chi connectivity index (χ0n) is 12.5. The number of carbonyl (C=O) groups is 2. The molecule has 0 saturated heterocycles. The minimum atomic E-state index is -1.16. The predicted octanol–water partition coefficient (Wildman–Crippen LogP) is 2.34. The molecule has 21 heavy (non-hydrogen) atoms. The van der Waals surface area contributed by atoms with E-state index in [1.807, 2.05) is 13.8 Å². The van der Waals surface area contributed by atoms with E-state index in [0.717, 1.165) is 18.4 Å². The molecular formula is C16H22N2O3. The highest BCUT2D eigenvalue weighted by Crippen LogP contribution is 2.33. The number of amides is 1. The molecule has 5 heteroatoms. The number of hydrogen-bond donors (Lipinski definition) is 3. The van der Waals surface area contributed by atoms with E-state index in [1.165, 1.54) is 0 Å². The van der Waals surface area contributed by atoms with Crippen LogP contribution in [0.4, 0.5) is 5.69 Å². The van der Waals surface area contributed by atoms with Crippen molar-refractivity contribution in [2.45, 2.75) is 45.1 Å². The van der Waals surface area contributed by atoms with Crippen LogP contribution in [0.15, 0.2) is 18.2 Å². The van der Waals surface area contributed by atoms with Crippen molar-refractivity contribution in [3.63, 3.8) is 0 Å². The Morgan fingerprint density at radius 1 is 1.43 bits per heavy atom. The number of carboxylic acids is 1. The first-order valence-corrected chi connectivity index (χ1v) is 7.26. The molecule has 2 rings (SSSR count). The van der Waals surface area contributed by atoms with Crippen LogP contribution in [0.3, 0.4) is 0 Å². The van der Waals surface area contributed by atoms with Crippen LogP contribution in [0.5, 0.6) is 0 Å². The molecule has 1 amide bonds. The van der Waals surface area contributed by atoms with E-state index >= 15 is 0 Å². The maximum Gasteiger partial charge on any atom is 0.329 e. The number of carboxylic acid groups (broad SMARTS) is 1. The van der Waals surface area contributed by atoms with Crippen molar-refractivity contribution in [1.29, 1.82) is 0 Å². The smallest absolute Gasteiger partial charge is 0.329 e. The SMILES string of the molecule is Cc1ccc(C(=O)NC2(C(=O)O)CCCC(C)C2)cc1N. The van der Waals surface area contributed by atoms with E-state index in [1.54, 1.807) is 18.2 Å². The Morgan fingerprint density at radius 3 is 2.71 bits per heavy atom. The molecule has 0 radical (unpaired) electrons. The van der Waals surface area contributed by atoms with Crippen molar-refractivity contribution >= 4 is 17.6 Å². The molecule has 1 aromatic carbocycles. The molecule has 4 N–H and O–H groups in total. The number of rotatable bonds is 3. The average molecular weight is 290 g/mol. The summed E-state index contributed by atoms with van der Waals surface area (Å²) in [6.07, 6.45) is 2.75. The van der Waals surface area contributed by atoms with Gasteiger partial charge >= 0.3 is 5.97 Å². The Balaban J connectivity index is 2.22. The van der Waals surface area contributed by atoms with Gasteiger partial charge in [0.1, 0.15) is 5.54 Å². The van der Waals surface area contributed by atoms with Crippen molar-refractivity contribution in [1.82, 2.24) is 5.32 Å². The van der Waals surface area contributed by atoms with Gasteiger partial charge in [-0.15, -0.1) is 0 Å². The van der Waals surface area contributed by atoms with Gasteiger partial charge in [0.05, 0.1) is 0 Å². The predicted molar refractivity (Wildman–Crippen MR) is 81.1 cm³/mol. The molecule has 0 aromatic heterocycles. The van der Waals surface area contributed by atoms with Gasteiger partial charge in [-0.2, -0.15) is 0 Å². The molecule has 0 heterocycles. The topological polar surface area (TPSA) is 92.4 Å². The Bertz CT molecular complexity index is 571. The molecule has 1 aromatic rings. The number of benzene rings is 1. The van der Waals surface area contributed by atoms with Gasteiger partial charge in [-0.25, -0.2) is 4.79 Å². The van der Waals surface area contributed by atoms with E-state index in [2.05, 4.69) is 5.32 Å². The Kier molecular flexibility index (Phi) is 4.21. The molecule has 0 bridgehead atoms. The second-order valence-electron chi connectivity index (χ2n) is 6.11. The van der Waals surface area contributed by atoms with Gasteiger partial charge in [-0.3, -0.25) is 4.79 Å². The van der Waals surface area contributed by atoms with E-state index < -0.39 is 11.5 Å². The number of nitrogens with one attached hydrogen (secondary N) is 1. The van der Waals surface area contributed by atoms with Crippen LogP contribution in [0, 0.1) is 12.8 Å². The summed E-state index contributed by atoms with van der Waals surface area (Å²) in [6, 6.07) is 5.02. The molecule has 1 aliphatic rings. The highest BCUT2D eigenvalue weighted by Gasteiger charge is 2.43. The molecule has 1 aliphatic carbocycles. The Morgan fingerprint density at radius 2 is 2.14 bits per heavy atom. The van der Waals surface area contributed by atoms with E-state index in [9.17, 15) is 14.7 Å². The first-order chi connectivity index (χ1) is 9.84.